The van der Waals surface area contributed by atoms with Crippen LogP contribution in [0, 0.1) is 0 Å². The van der Waals surface area contributed by atoms with Gasteiger partial charge in [-0.3, -0.25) is 0 Å². The van der Waals surface area contributed by atoms with Crippen LogP contribution in [0.4, 0.5) is 5.82 Å². The topological polar surface area (TPSA) is 70.8 Å². The summed E-state index contributed by atoms with van der Waals surface area (Å²) in [6, 6.07) is 6.14. The van der Waals surface area contributed by atoms with Gasteiger partial charge in [-0.05, 0) is 25.1 Å². The van der Waals surface area contributed by atoms with Crippen LogP contribution in [0.25, 0.3) is 11.3 Å². The number of likely N-dealkylation sites (N-methyl/N-ethyl adjacent to an activating group) is 1. The summed E-state index contributed by atoms with van der Waals surface area (Å²) < 4.78 is 0. The van der Waals surface area contributed by atoms with Gasteiger partial charge >= 0.3 is 0 Å². The number of rotatable bonds is 4. The Kier molecular flexibility index (Phi) is 3.39. The normalized spacial score (nSPS) is 12.4. The van der Waals surface area contributed by atoms with E-state index >= 15 is 0 Å². The Morgan fingerprint density at radius 1 is 1.35 bits per heavy atom. The fourth-order valence-corrected chi connectivity index (χ4v) is 1.53. The third kappa shape index (κ3) is 2.45. The number of hydrogen-bond acceptors (Lipinski definition) is 4. The maximum atomic E-state index is 5.62. The molecule has 0 aliphatic heterocycles. The number of anilines is 1. The number of nitrogens with one attached hydrogen (secondary N) is 1. The van der Waals surface area contributed by atoms with Crippen LogP contribution in [-0.4, -0.2) is 34.8 Å². The molecule has 5 nitrogen and oxygen atoms in total. The number of H-pyrrole nitrogens is 1. The van der Waals surface area contributed by atoms with Crippen LogP contribution in [0.5, 0.6) is 0 Å². The fourth-order valence-electron chi connectivity index (χ4n) is 1.53. The largest absolute Gasteiger partial charge is 0.367 e. The Morgan fingerprint density at radius 2 is 2.18 bits per heavy atom. The molecule has 0 aromatic carbocycles. The summed E-state index contributed by atoms with van der Waals surface area (Å²) in [5, 5.41) is 8.42. The molecule has 0 saturated heterocycles. The number of nitrogens with zero attached hydrogens (tertiary/aromatic N) is 3. The first kappa shape index (κ1) is 11.6. The summed E-state index contributed by atoms with van der Waals surface area (Å²) >= 11 is 0. The van der Waals surface area contributed by atoms with Crippen molar-refractivity contribution < 1.29 is 0 Å². The minimum absolute atomic E-state index is 0.252. The minimum Gasteiger partial charge on any atom is -0.367 e. The van der Waals surface area contributed by atoms with Gasteiger partial charge in [0.1, 0.15) is 0 Å². The molecule has 2 aromatic rings. The summed E-state index contributed by atoms with van der Waals surface area (Å²) in [5.41, 5.74) is 7.53. The van der Waals surface area contributed by atoms with E-state index in [4.69, 9.17) is 5.73 Å². The second-order valence-electron chi connectivity index (χ2n) is 4.07. The van der Waals surface area contributed by atoms with Gasteiger partial charge in [-0.25, -0.2) is 0 Å². The molecule has 0 aliphatic rings. The van der Waals surface area contributed by atoms with E-state index in [9.17, 15) is 0 Å². The number of hydrogen-bond donors (Lipinski definition) is 2. The van der Waals surface area contributed by atoms with Crippen LogP contribution in [0.1, 0.15) is 6.92 Å². The lowest BCUT2D eigenvalue weighted by molar-refractivity contribution is 0.682. The van der Waals surface area contributed by atoms with Gasteiger partial charge in [-0.15, -0.1) is 10.2 Å². The smallest absolute Gasteiger partial charge is 0.151 e. The molecule has 90 valence electrons. The predicted octanol–water partition coefficient (Wildman–Crippen LogP) is 1.26. The molecule has 5 heteroatoms. The van der Waals surface area contributed by atoms with Gasteiger partial charge in [0.15, 0.2) is 5.82 Å². The van der Waals surface area contributed by atoms with Crippen molar-refractivity contribution in [1.29, 1.82) is 0 Å². The Morgan fingerprint density at radius 3 is 2.71 bits per heavy atom. The standard InChI is InChI=1S/C12H17N5/c1-9(7-13)17(2)12-4-3-11(15-16-12)10-5-6-14-8-10/h3-6,8-9,14H,7,13H2,1-2H3. The zero-order valence-electron chi connectivity index (χ0n) is 10.1. The van der Waals surface area contributed by atoms with E-state index in [2.05, 4.69) is 22.1 Å². The lowest BCUT2D eigenvalue weighted by atomic mass is 10.2. The molecule has 2 heterocycles. The van der Waals surface area contributed by atoms with E-state index < -0.39 is 0 Å². The molecule has 0 radical (unpaired) electrons. The van der Waals surface area contributed by atoms with Crippen LogP contribution in [0.15, 0.2) is 30.6 Å². The summed E-state index contributed by atoms with van der Waals surface area (Å²) in [6.45, 7) is 2.65. The van der Waals surface area contributed by atoms with E-state index in [1.807, 2.05) is 42.5 Å². The molecule has 1 unspecified atom stereocenters. The highest BCUT2D eigenvalue weighted by Crippen LogP contribution is 2.17. The van der Waals surface area contributed by atoms with Crippen LogP contribution >= 0.6 is 0 Å². The Bertz CT molecular complexity index is 448. The molecule has 2 rings (SSSR count). The van der Waals surface area contributed by atoms with E-state index in [1.165, 1.54) is 0 Å². The number of aromatic amines is 1. The first-order valence-electron chi connectivity index (χ1n) is 5.62. The molecule has 1 atom stereocenters. The van der Waals surface area contributed by atoms with E-state index in [0.717, 1.165) is 17.1 Å². The van der Waals surface area contributed by atoms with Gasteiger partial charge in [-0.1, -0.05) is 0 Å². The Labute approximate surface area is 101 Å². The molecule has 2 aromatic heterocycles. The van der Waals surface area contributed by atoms with Crippen molar-refractivity contribution in [3.8, 4) is 11.3 Å². The summed E-state index contributed by atoms with van der Waals surface area (Å²) in [5.74, 6) is 0.835. The first-order chi connectivity index (χ1) is 8.22. The monoisotopic (exact) mass is 231 g/mol. The third-order valence-corrected chi connectivity index (χ3v) is 2.91. The van der Waals surface area contributed by atoms with Crippen molar-refractivity contribution in [3.05, 3.63) is 30.6 Å². The van der Waals surface area contributed by atoms with Gasteiger partial charge in [0.05, 0.1) is 5.69 Å². The summed E-state index contributed by atoms with van der Waals surface area (Å²) in [4.78, 5) is 5.02. The second kappa shape index (κ2) is 4.97. The van der Waals surface area contributed by atoms with E-state index in [-0.39, 0.29) is 6.04 Å². The highest BCUT2D eigenvalue weighted by atomic mass is 15.3. The third-order valence-electron chi connectivity index (χ3n) is 2.91. The molecule has 0 fully saturated rings. The summed E-state index contributed by atoms with van der Waals surface area (Å²) in [7, 11) is 1.97. The second-order valence-corrected chi connectivity index (χ2v) is 4.07. The van der Waals surface area contributed by atoms with Crippen LogP contribution in [-0.2, 0) is 0 Å². The zero-order valence-corrected chi connectivity index (χ0v) is 10.1. The molecule has 0 aliphatic carbocycles. The molecule has 0 amide bonds. The van der Waals surface area contributed by atoms with Crippen LogP contribution < -0.4 is 10.6 Å². The van der Waals surface area contributed by atoms with Gasteiger partial charge in [0, 0.05) is 37.6 Å². The average molecular weight is 231 g/mol. The van der Waals surface area contributed by atoms with Crippen molar-refractivity contribution in [1.82, 2.24) is 15.2 Å². The maximum absolute atomic E-state index is 5.62. The van der Waals surface area contributed by atoms with Crippen molar-refractivity contribution in [2.24, 2.45) is 5.73 Å². The molecule has 0 bridgehead atoms. The van der Waals surface area contributed by atoms with Crippen molar-refractivity contribution in [2.75, 3.05) is 18.5 Å². The van der Waals surface area contributed by atoms with Crippen molar-refractivity contribution in [3.63, 3.8) is 0 Å². The van der Waals surface area contributed by atoms with Crippen LogP contribution in [0.3, 0.4) is 0 Å². The lowest BCUT2D eigenvalue weighted by Gasteiger charge is -2.23. The summed E-state index contributed by atoms with van der Waals surface area (Å²) in [6.07, 6.45) is 3.77. The van der Waals surface area contributed by atoms with E-state index in [0.29, 0.717) is 6.54 Å². The van der Waals surface area contributed by atoms with E-state index in [1.54, 1.807) is 0 Å². The Hall–Kier alpha value is -1.88. The van der Waals surface area contributed by atoms with Gasteiger partial charge in [-0.2, -0.15) is 0 Å². The van der Waals surface area contributed by atoms with Gasteiger partial charge in [0.2, 0.25) is 0 Å². The zero-order chi connectivity index (χ0) is 12.3. The SMILES string of the molecule is CC(CN)N(C)c1ccc(-c2cc[nH]c2)nn1. The van der Waals surface area contributed by atoms with Crippen molar-refractivity contribution >= 4 is 5.82 Å². The molecule has 3 N–H and O–H groups in total. The van der Waals surface area contributed by atoms with Crippen molar-refractivity contribution in [2.45, 2.75) is 13.0 Å². The highest BCUT2D eigenvalue weighted by Gasteiger charge is 2.10. The Balaban J connectivity index is 2.18. The molecule has 17 heavy (non-hydrogen) atoms. The predicted molar refractivity (Wildman–Crippen MR) is 68.7 cm³/mol. The molecular formula is C12H17N5. The average Bonchev–Trinajstić information content (AvgIpc) is 2.91. The minimum atomic E-state index is 0.252. The number of nitrogens with two attached hydrogens (primary N) is 1. The molecule has 0 spiro atoms. The molecule has 0 saturated carbocycles. The van der Waals surface area contributed by atoms with Crippen LogP contribution in [0.2, 0.25) is 0 Å². The lowest BCUT2D eigenvalue weighted by Crippen LogP contribution is -2.35. The first-order valence-corrected chi connectivity index (χ1v) is 5.62. The highest BCUT2D eigenvalue weighted by molar-refractivity contribution is 5.58. The molecular weight excluding hydrogens is 214 g/mol. The number of aromatic nitrogens is 3. The maximum Gasteiger partial charge on any atom is 0.151 e. The van der Waals surface area contributed by atoms with Gasteiger partial charge in [0.25, 0.3) is 0 Å². The van der Waals surface area contributed by atoms with Gasteiger partial charge < -0.3 is 15.6 Å². The quantitative estimate of drug-likeness (QED) is 0.831. The fraction of sp³-hybridized carbons (Fsp3) is 0.333.